The fraction of sp³-hybridized carbons (Fsp3) is 0.364. The van der Waals surface area contributed by atoms with Crippen LogP contribution in [-0.4, -0.2) is 33.5 Å². The van der Waals surface area contributed by atoms with Gasteiger partial charge >= 0.3 is 0 Å². The molecule has 2 heterocycles. The summed E-state index contributed by atoms with van der Waals surface area (Å²) in [7, 11) is 1.67. The number of nitrogens with one attached hydrogen (secondary N) is 1. The lowest BCUT2D eigenvalue weighted by molar-refractivity contribution is 0.187. The fourth-order valence-electron chi connectivity index (χ4n) is 1.64. The van der Waals surface area contributed by atoms with Gasteiger partial charge in [0.1, 0.15) is 0 Å². The molecule has 0 radical (unpaired) electrons. The summed E-state index contributed by atoms with van der Waals surface area (Å²) < 4.78 is 7.61. The second-order valence-corrected chi connectivity index (χ2v) is 4.07. The van der Waals surface area contributed by atoms with Crippen molar-refractivity contribution < 1.29 is 4.74 Å². The summed E-state index contributed by atoms with van der Waals surface area (Å²) >= 11 is 5.20. The highest BCUT2D eigenvalue weighted by Gasteiger charge is 2.10. The molecule has 6 heteroatoms. The first-order valence-electron chi connectivity index (χ1n) is 5.29. The second kappa shape index (κ2) is 5.20. The van der Waals surface area contributed by atoms with Crippen LogP contribution in [0.5, 0.6) is 0 Å². The predicted molar refractivity (Wildman–Crippen MR) is 67.3 cm³/mol. The minimum absolute atomic E-state index is 0.602. The Balaban J connectivity index is 2.46. The average molecular weight is 250 g/mol. The molecular formula is C11H14N4OS. The molecular weight excluding hydrogens is 236 g/mol. The van der Waals surface area contributed by atoms with Crippen LogP contribution in [0.25, 0.3) is 11.4 Å². The standard InChI is InChI=1S/C11H14N4OS/c1-8-7-12-4-3-9(8)10-13-14-11(17)15(10)5-6-16-2/h3-4,7H,5-6H2,1-2H3,(H,14,17). The highest BCUT2D eigenvalue weighted by Crippen LogP contribution is 2.20. The van der Waals surface area contributed by atoms with E-state index in [1.807, 2.05) is 23.8 Å². The molecule has 0 saturated carbocycles. The maximum absolute atomic E-state index is 5.20. The quantitative estimate of drug-likeness (QED) is 0.843. The van der Waals surface area contributed by atoms with Gasteiger partial charge in [0.05, 0.1) is 13.2 Å². The zero-order valence-corrected chi connectivity index (χ0v) is 10.6. The van der Waals surface area contributed by atoms with E-state index in [1.165, 1.54) is 0 Å². The Hall–Kier alpha value is -1.53. The molecule has 0 fully saturated rings. The Labute approximate surface area is 104 Å². The maximum Gasteiger partial charge on any atom is 0.195 e. The third-order valence-corrected chi connectivity index (χ3v) is 2.85. The molecule has 5 nitrogen and oxygen atoms in total. The number of rotatable bonds is 4. The van der Waals surface area contributed by atoms with Crippen LogP contribution in [0, 0.1) is 11.7 Å². The Morgan fingerprint density at radius 2 is 2.35 bits per heavy atom. The van der Waals surface area contributed by atoms with Gasteiger partial charge < -0.3 is 4.74 Å². The number of nitrogens with zero attached hydrogens (tertiary/aromatic N) is 3. The van der Waals surface area contributed by atoms with E-state index in [0.717, 1.165) is 17.0 Å². The molecule has 1 N–H and O–H groups in total. The van der Waals surface area contributed by atoms with Gasteiger partial charge in [0.25, 0.3) is 0 Å². The summed E-state index contributed by atoms with van der Waals surface area (Å²) in [4.78, 5) is 4.07. The van der Waals surface area contributed by atoms with Crippen LogP contribution in [0.1, 0.15) is 5.56 Å². The van der Waals surface area contributed by atoms with Crippen molar-refractivity contribution in [2.75, 3.05) is 13.7 Å². The van der Waals surface area contributed by atoms with Gasteiger partial charge in [-0.2, -0.15) is 5.10 Å². The lowest BCUT2D eigenvalue weighted by Crippen LogP contribution is -2.06. The smallest absolute Gasteiger partial charge is 0.195 e. The van der Waals surface area contributed by atoms with Gasteiger partial charge in [-0.3, -0.25) is 14.6 Å². The van der Waals surface area contributed by atoms with Gasteiger partial charge in [0.15, 0.2) is 10.6 Å². The molecule has 0 aliphatic rings. The number of hydrogen-bond acceptors (Lipinski definition) is 4. The maximum atomic E-state index is 5.20. The zero-order valence-electron chi connectivity index (χ0n) is 9.80. The van der Waals surface area contributed by atoms with E-state index in [-0.39, 0.29) is 0 Å². The number of pyridine rings is 1. The van der Waals surface area contributed by atoms with E-state index in [2.05, 4.69) is 15.2 Å². The van der Waals surface area contributed by atoms with E-state index in [4.69, 9.17) is 17.0 Å². The van der Waals surface area contributed by atoms with Gasteiger partial charge in [0.2, 0.25) is 0 Å². The molecule has 90 valence electrons. The van der Waals surface area contributed by atoms with Gasteiger partial charge in [-0.05, 0) is 30.8 Å². The normalized spacial score (nSPS) is 10.7. The summed E-state index contributed by atoms with van der Waals surface area (Å²) in [6, 6.07) is 1.93. The number of methoxy groups -OCH3 is 1. The molecule has 0 amide bonds. The molecule has 2 aromatic heterocycles. The molecule has 2 aromatic rings. The molecule has 0 bridgehead atoms. The van der Waals surface area contributed by atoms with Crippen LogP contribution in [0.2, 0.25) is 0 Å². The van der Waals surface area contributed by atoms with Gasteiger partial charge in [-0.1, -0.05) is 0 Å². The first kappa shape index (κ1) is 11.9. The summed E-state index contributed by atoms with van der Waals surface area (Å²) in [6.45, 7) is 3.29. The van der Waals surface area contributed by atoms with Crippen molar-refractivity contribution >= 4 is 12.2 Å². The Morgan fingerprint density at radius 3 is 3.06 bits per heavy atom. The van der Waals surface area contributed by atoms with Crippen molar-refractivity contribution in [2.45, 2.75) is 13.5 Å². The topological polar surface area (TPSA) is 55.7 Å². The van der Waals surface area contributed by atoms with E-state index >= 15 is 0 Å². The molecule has 0 aromatic carbocycles. The number of H-pyrrole nitrogens is 1. The first-order valence-corrected chi connectivity index (χ1v) is 5.70. The van der Waals surface area contributed by atoms with E-state index in [9.17, 15) is 0 Å². The summed E-state index contributed by atoms with van der Waals surface area (Å²) in [5.74, 6) is 0.826. The van der Waals surface area contributed by atoms with Crippen LogP contribution in [0.15, 0.2) is 18.5 Å². The summed E-state index contributed by atoms with van der Waals surface area (Å²) in [5.41, 5.74) is 2.10. The molecule has 0 aliphatic heterocycles. The Kier molecular flexibility index (Phi) is 3.65. The summed E-state index contributed by atoms with van der Waals surface area (Å²) in [6.07, 6.45) is 3.56. The fourth-order valence-corrected chi connectivity index (χ4v) is 1.86. The number of aromatic amines is 1. The largest absolute Gasteiger partial charge is 0.383 e. The minimum Gasteiger partial charge on any atom is -0.383 e. The lowest BCUT2D eigenvalue weighted by Gasteiger charge is -2.07. The average Bonchev–Trinajstić information content (AvgIpc) is 2.69. The third kappa shape index (κ3) is 2.42. The molecule has 2 rings (SSSR count). The van der Waals surface area contributed by atoms with Crippen LogP contribution in [0.4, 0.5) is 0 Å². The number of aryl methyl sites for hydroxylation is 1. The van der Waals surface area contributed by atoms with Crippen LogP contribution < -0.4 is 0 Å². The van der Waals surface area contributed by atoms with Gasteiger partial charge in [0, 0.05) is 25.1 Å². The molecule has 17 heavy (non-hydrogen) atoms. The lowest BCUT2D eigenvalue weighted by atomic mass is 10.1. The molecule has 0 unspecified atom stereocenters. The SMILES string of the molecule is COCCn1c(-c2ccncc2C)n[nH]c1=S. The van der Waals surface area contributed by atoms with E-state index in [0.29, 0.717) is 17.9 Å². The predicted octanol–water partition coefficient (Wildman–Crippen LogP) is 1.96. The van der Waals surface area contributed by atoms with Crippen LogP contribution in [0.3, 0.4) is 0 Å². The van der Waals surface area contributed by atoms with Crippen molar-refractivity contribution in [1.82, 2.24) is 19.7 Å². The Bertz CT molecular complexity index is 561. The van der Waals surface area contributed by atoms with Gasteiger partial charge in [-0.15, -0.1) is 0 Å². The van der Waals surface area contributed by atoms with Gasteiger partial charge in [-0.25, -0.2) is 0 Å². The minimum atomic E-state index is 0.602. The zero-order chi connectivity index (χ0) is 12.3. The number of hydrogen-bond donors (Lipinski definition) is 1. The van der Waals surface area contributed by atoms with Crippen molar-refractivity contribution in [3.05, 3.63) is 28.8 Å². The Morgan fingerprint density at radius 1 is 1.53 bits per heavy atom. The third-order valence-electron chi connectivity index (χ3n) is 2.54. The monoisotopic (exact) mass is 250 g/mol. The van der Waals surface area contributed by atoms with Crippen LogP contribution in [-0.2, 0) is 11.3 Å². The van der Waals surface area contributed by atoms with Crippen molar-refractivity contribution in [3.8, 4) is 11.4 Å². The summed E-state index contributed by atoms with van der Waals surface area (Å²) in [5, 5.41) is 7.07. The van der Waals surface area contributed by atoms with E-state index < -0.39 is 0 Å². The highest BCUT2D eigenvalue weighted by atomic mass is 32.1. The number of ether oxygens (including phenoxy) is 1. The molecule has 0 spiro atoms. The van der Waals surface area contributed by atoms with Crippen molar-refractivity contribution in [1.29, 1.82) is 0 Å². The van der Waals surface area contributed by atoms with Crippen molar-refractivity contribution in [2.24, 2.45) is 0 Å². The number of aromatic nitrogens is 4. The molecule has 0 saturated heterocycles. The highest BCUT2D eigenvalue weighted by molar-refractivity contribution is 7.71. The molecule has 0 atom stereocenters. The van der Waals surface area contributed by atoms with E-state index in [1.54, 1.807) is 13.3 Å². The first-order chi connectivity index (χ1) is 8.24. The van der Waals surface area contributed by atoms with Crippen LogP contribution >= 0.6 is 12.2 Å². The second-order valence-electron chi connectivity index (χ2n) is 3.69. The molecule has 0 aliphatic carbocycles. The van der Waals surface area contributed by atoms with Crippen molar-refractivity contribution in [3.63, 3.8) is 0 Å².